The van der Waals surface area contributed by atoms with Crippen LogP contribution in [0, 0.1) is 6.92 Å². The minimum absolute atomic E-state index is 0.0914. The Bertz CT molecular complexity index is 1050. The van der Waals surface area contributed by atoms with Gasteiger partial charge in [-0.2, -0.15) is 17.5 Å². The molecule has 0 aliphatic carbocycles. The maximum atomic E-state index is 12.9. The molecule has 0 radical (unpaired) electrons. The number of amides is 1. The van der Waals surface area contributed by atoms with E-state index in [0.29, 0.717) is 25.7 Å². The zero-order valence-electron chi connectivity index (χ0n) is 17.9. The summed E-state index contributed by atoms with van der Waals surface area (Å²) in [4.78, 5) is 14.0. The Labute approximate surface area is 186 Å². The van der Waals surface area contributed by atoms with Gasteiger partial charge in [0.25, 0.3) is 0 Å². The summed E-state index contributed by atoms with van der Waals surface area (Å²) in [6, 6.07) is 11.1. The predicted molar refractivity (Wildman–Crippen MR) is 114 cm³/mol. The van der Waals surface area contributed by atoms with Crippen molar-refractivity contribution in [1.82, 2.24) is 14.5 Å². The molecule has 6 nitrogen and oxygen atoms in total. The van der Waals surface area contributed by atoms with Crippen molar-refractivity contribution in [1.29, 1.82) is 0 Å². The number of nitrogens with zero attached hydrogens (tertiary/aromatic N) is 2. The average molecular weight is 470 g/mol. The zero-order chi connectivity index (χ0) is 23.5. The second-order valence-corrected chi connectivity index (χ2v) is 9.78. The number of hydrogen-bond acceptors (Lipinski definition) is 4. The van der Waals surface area contributed by atoms with Crippen molar-refractivity contribution in [3.8, 4) is 0 Å². The van der Waals surface area contributed by atoms with Crippen molar-refractivity contribution < 1.29 is 26.4 Å². The number of carbonyl (C=O) groups excluding carboxylic acids is 1. The highest BCUT2D eigenvalue weighted by Gasteiger charge is 2.35. The van der Waals surface area contributed by atoms with Crippen LogP contribution in [0.1, 0.15) is 23.6 Å². The average Bonchev–Trinajstić information content (AvgIpc) is 2.77. The molecule has 0 spiro atoms. The van der Waals surface area contributed by atoms with Crippen LogP contribution in [0.3, 0.4) is 0 Å². The minimum Gasteiger partial charge on any atom is -0.351 e. The summed E-state index contributed by atoms with van der Waals surface area (Å²) >= 11 is 0. The summed E-state index contributed by atoms with van der Waals surface area (Å²) in [5.41, 5.74) is 1.11. The lowest BCUT2D eigenvalue weighted by atomic mass is 10.1. The molecule has 174 valence electrons. The summed E-state index contributed by atoms with van der Waals surface area (Å²) in [7, 11) is -4.06. The van der Waals surface area contributed by atoms with Crippen LogP contribution in [-0.2, 0) is 27.5 Å². The van der Waals surface area contributed by atoms with E-state index >= 15 is 0 Å². The lowest BCUT2D eigenvalue weighted by Crippen LogP contribution is -2.54. The highest BCUT2D eigenvalue weighted by Crippen LogP contribution is 2.31. The highest BCUT2D eigenvalue weighted by atomic mass is 32.2. The van der Waals surface area contributed by atoms with Crippen molar-refractivity contribution in [2.75, 3.05) is 26.2 Å². The van der Waals surface area contributed by atoms with Gasteiger partial charge in [-0.15, -0.1) is 0 Å². The van der Waals surface area contributed by atoms with E-state index in [1.807, 2.05) is 36.1 Å². The fourth-order valence-corrected chi connectivity index (χ4v) is 4.99. The quantitative estimate of drug-likeness (QED) is 0.706. The first-order valence-corrected chi connectivity index (χ1v) is 11.7. The molecular formula is C22H26F3N3O3S. The summed E-state index contributed by atoms with van der Waals surface area (Å²) in [5, 5.41) is 2.88. The molecule has 1 aliphatic rings. The lowest BCUT2D eigenvalue weighted by molar-refractivity contribution is -0.137. The molecule has 0 saturated carbocycles. The standard InChI is InChI=1S/C22H26F3N3O3S/c1-16-6-8-18(9-7-16)15-26-21(29)17(2)27-10-12-28(13-11-27)32(30,31)20-5-3-4-19(14-20)22(23,24)25/h3-9,14,17H,10-13,15H2,1-2H3,(H,26,29). The third-order valence-electron chi connectivity index (χ3n) is 5.59. The Balaban J connectivity index is 1.58. The number of sulfonamides is 1. The van der Waals surface area contributed by atoms with Crippen molar-refractivity contribution in [2.45, 2.75) is 37.5 Å². The Morgan fingerprint density at radius 1 is 1.06 bits per heavy atom. The zero-order valence-corrected chi connectivity index (χ0v) is 18.7. The van der Waals surface area contributed by atoms with Gasteiger partial charge in [0.1, 0.15) is 0 Å². The van der Waals surface area contributed by atoms with Gasteiger partial charge in [-0.1, -0.05) is 35.9 Å². The molecule has 1 saturated heterocycles. The van der Waals surface area contributed by atoms with E-state index in [1.54, 1.807) is 6.92 Å². The Kier molecular flexibility index (Phi) is 7.26. The molecule has 0 bridgehead atoms. The van der Waals surface area contributed by atoms with Crippen LogP contribution >= 0.6 is 0 Å². The van der Waals surface area contributed by atoms with Gasteiger partial charge in [0.05, 0.1) is 16.5 Å². The van der Waals surface area contributed by atoms with Crippen LogP contribution in [-0.4, -0.2) is 55.8 Å². The number of alkyl halides is 3. The largest absolute Gasteiger partial charge is 0.416 e. The van der Waals surface area contributed by atoms with E-state index in [9.17, 15) is 26.4 Å². The van der Waals surface area contributed by atoms with E-state index < -0.39 is 27.8 Å². The third kappa shape index (κ3) is 5.67. The van der Waals surface area contributed by atoms with Crippen LogP contribution in [0.2, 0.25) is 0 Å². The molecule has 32 heavy (non-hydrogen) atoms. The van der Waals surface area contributed by atoms with E-state index in [2.05, 4.69) is 5.32 Å². The molecule has 0 aromatic heterocycles. The molecule has 1 atom stereocenters. The minimum atomic E-state index is -4.62. The van der Waals surface area contributed by atoms with E-state index in [1.165, 1.54) is 0 Å². The van der Waals surface area contributed by atoms with Gasteiger partial charge < -0.3 is 5.32 Å². The van der Waals surface area contributed by atoms with Gasteiger partial charge in [0, 0.05) is 32.7 Å². The summed E-state index contributed by atoms with van der Waals surface area (Å²) in [6.07, 6.45) is -4.62. The SMILES string of the molecule is Cc1ccc(CNC(=O)C(C)N2CCN(S(=O)(=O)c3cccc(C(F)(F)F)c3)CC2)cc1. The molecule has 1 N–H and O–H groups in total. The van der Waals surface area contributed by atoms with Crippen LogP contribution in [0.4, 0.5) is 13.2 Å². The number of hydrogen-bond donors (Lipinski definition) is 1. The van der Waals surface area contributed by atoms with E-state index in [4.69, 9.17) is 0 Å². The van der Waals surface area contributed by atoms with Crippen LogP contribution < -0.4 is 5.32 Å². The highest BCUT2D eigenvalue weighted by molar-refractivity contribution is 7.89. The van der Waals surface area contributed by atoms with Gasteiger partial charge in [-0.05, 0) is 37.6 Å². The molecule has 1 aliphatic heterocycles. The summed E-state index contributed by atoms with van der Waals surface area (Å²) in [5.74, 6) is -0.167. The number of aryl methyl sites for hydroxylation is 1. The molecule has 2 aromatic carbocycles. The smallest absolute Gasteiger partial charge is 0.351 e. The fraction of sp³-hybridized carbons (Fsp3) is 0.409. The second kappa shape index (κ2) is 9.60. The van der Waals surface area contributed by atoms with Crippen molar-refractivity contribution >= 4 is 15.9 Å². The first kappa shape index (κ1) is 24.2. The van der Waals surface area contributed by atoms with Crippen molar-refractivity contribution in [3.63, 3.8) is 0 Å². The molecule has 1 fully saturated rings. The Morgan fingerprint density at radius 2 is 1.69 bits per heavy atom. The Morgan fingerprint density at radius 3 is 2.28 bits per heavy atom. The molecule has 1 heterocycles. The van der Waals surface area contributed by atoms with Gasteiger partial charge in [-0.25, -0.2) is 8.42 Å². The maximum Gasteiger partial charge on any atom is 0.416 e. The lowest BCUT2D eigenvalue weighted by Gasteiger charge is -2.36. The molecule has 1 amide bonds. The van der Waals surface area contributed by atoms with Gasteiger partial charge in [0.15, 0.2) is 0 Å². The van der Waals surface area contributed by atoms with Gasteiger partial charge in [-0.3, -0.25) is 9.69 Å². The molecule has 1 unspecified atom stereocenters. The normalized spacial score (nSPS) is 17.2. The van der Waals surface area contributed by atoms with Crippen LogP contribution in [0.5, 0.6) is 0 Å². The summed E-state index contributed by atoms with van der Waals surface area (Å²) < 4.78 is 65.7. The van der Waals surface area contributed by atoms with Crippen LogP contribution in [0.15, 0.2) is 53.4 Å². The monoisotopic (exact) mass is 469 g/mol. The predicted octanol–water partition coefficient (Wildman–Crippen LogP) is 3.03. The summed E-state index contributed by atoms with van der Waals surface area (Å²) in [6.45, 7) is 4.92. The van der Waals surface area contributed by atoms with Crippen molar-refractivity contribution in [3.05, 3.63) is 65.2 Å². The fourth-order valence-electron chi connectivity index (χ4n) is 3.52. The van der Waals surface area contributed by atoms with E-state index in [-0.39, 0.29) is 23.9 Å². The van der Waals surface area contributed by atoms with E-state index in [0.717, 1.165) is 33.6 Å². The van der Waals surface area contributed by atoms with Gasteiger partial charge >= 0.3 is 6.18 Å². The molecular weight excluding hydrogens is 443 g/mol. The number of rotatable bonds is 6. The molecule has 10 heteroatoms. The first-order chi connectivity index (χ1) is 15.0. The second-order valence-electron chi connectivity index (χ2n) is 7.85. The van der Waals surface area contributed by atoms with Crippen molar-refractivity contribution in [2.24, 2.45) is 0 Å². The number of nitrogens with one attached hydrogen (secondary N) is 1. The molecule has 2 aromatic rings. The third-order valence-corrected chi connectivity index (χ3v) is 7.48. The first-order valence-electron chi connectivity index (χ1n) is 10.2. The molecule has 3 rings (SSSR count). The van der Waals surface area contributed by atoms with Crippen LogP contribution in [0.25, 0.3) is 0 Å². The topological polar surface area (TPSA) is 69.7 Å². The Hall–Kier alpha value is -2.43. The van der Waals surface area contributed by atoms with Gasteiger partial charge in [0.2, 0.25) is 15.9 Å². The number of piperazine rings is 1. The number of carbonyl (C=O) groups is 1. The number of benzene rings is 2. The number of halogens is 3. The maximum absolute atomic E-state index is 12.9.